The van der Waals surface area contributed by atoms with E-state index >= 15 is 0 Å². The van der Waals surface area contributed by atoms with Gasteiger partial charge in [0.05, 0.1) is 17.8 Å². The Bertz CT molecular complexity index is 466. The van der Waals surface area contributed by atoms with Crippen LogP contribution in [-0.2, 0) is 4.79 Å². The molecule has 0 spiro atoms. The molecule has 2 rings (SSSR count). The summed E-state index contributed by atoms with van der Waals surface area (Å²) in [6.07, 6.45) is 4.66. The zero-order valence-electron chi connectivity index (χ0n) is 9.39. The minimum atomic E-state index is 0.00106. The number of hydrazone groups is 1. The van der Waals surface area contributed by atoms with Crippen LogP contribution >= 0.6 is 0 Å². The van der Waals surface area contributed by atoms with Crippen LogP contribution in [0.5, 0.6) is 0 Å². The lowest BCUT2D eigenvalue weighted by molar-refractivity contribution is -0.127. The van der Waals surface area contributed by atoms with Crippen molar-refractivity contribution in [3.8, 4) is 6.07 Å². The maximum Gasteiger partial charge on any atom is 0.243 e. The predicted molar refractivity (Wildman–Crippen MR) is 64.2 cm³/mol. The van der Waals surface area contributed by atoms with Gasteiger partial charge in [-0.15, -0.1) is 0 Å². The molecule has 0 radical (unpaired) electrons. The van der Waals surface area contributed by atoms with E-state index in [1.807, 2.05) is 6.07 Å². The van der Waals surface area contributed by atoms with E-state index in [2.05, 4.69) is 10.5 Å². The zero-order chi connectivity index (χ0) is 12.1. The van der Waals surface area contributed by atoms with Crippen LogP contribution in [0.2, 0.25) is 0 Å². The fraction of sp³-hybridized carbons (Fsp3) is 0.308. The highest BCUT2D eigenvalue weighted by molar-refractivity contribution is 5.83. The summed E-state index contributed by atoms with van der Waals surface area (Å²) in [7, 11) is 0. The van der Waals surface area contributed by atoms with Crippen LogP contribution in [0.1, 0.15) is 30.4 Å². The molecule has 0 heterocycles. The summed E-state index contributed by atoms with van der Waals surface area (Å²) in [5.41, 5.74) is 4.00. The first kappa shape index (κ1) is 11.3. The SMILES string of the molecule is N#Cc1ccc(C=NNC(=O)C2CCC2)cc1. The van der Waals surface area contributed by atoms with Gasteiger partial charge in [-0.3, -0.25) is 4.79 Å². The molecule has 1 fully saturated rings. The van der Waals surface area contributed by atoms with Crippen molar-refractivity contribution in [2.45, 2.75) is 19.3 Å². The second-order valence-electron chi connectivity index (χ2n) is 4.10. The Morgan fingerprint density at radius 1 is 1.41 bits per heavy atom. The summed E-state index contributed by atoms with van der Waals surface area (Å²) in [6.45, 7) is 0. The van der Waals surface area contributed by atoms with Crippen molar-refractivity contribution in [2.75, 3.05) is 0 Å². The lowest BCUT2D eigenvalue weighted by Crippen LogP contribution is -2.31. The van der Waals surface area contributed by atoms with Crippen molar-refractivity contribution in [2.24, 2.45) is 11.0 Å². The van der Waals surface area contributed by atoms with E-state index in [4.69, 9.17) is 5.26 Å². The van der Waals surface area contributed by atoms with Gasteiger partial charge in [0.1, 0.15) is 0 Å². The van der Waals surface area contributed by atoms with Crippen LogP contribution in [0.15, 0.2) is 29.4 Å². The molecule has 1 saturated carbocycles. The lowest BCUT2D eigenvalue weighted by atomic mass is 9.85. The molecule has 1 N–H and O–H groups in total. The number of rotatable bonds is 3. The Balaban J connectivity index is 1.87. The van der Waals surface area contributed by atoms with Crippen LogP contribution in [-0.4, -0.2) is 12.1 Å². The number of carbonyl (C=O) groups excluding carboxylic acids is 1. The maximum atomic E-state index is 11.4. The third-order valence-corrected chi connectivity index (χ3v) is 2.90. The first-order valence-corrected chi connectivity index (χ1v) is 5.62. The number of benzene rings is 1. The Morgan fingerprint density at radius 2 is 2.12 bits per heavy atom. The highest BCUT2D eigenvalue weighted by Crippen LogP contribution is 2.25. The number of hydrogen-bond acceptors (Lipinski definition) is 3. The molecule has 1 aliphatic rings. The number of nitriles is 1. The fourth-order valence-corrected chi connectivity index (χ4v) is 1.58. The van der Waals surface area contributed by atoms with Crippen LogP contribution in [0, 0.1) is 17.2 Å². The van der Waals surface area contributed by atoms with E-state index in [-0.39, 0.29) is 11.8 Å². The number of nitrogens with one attached hydrogen (secondary N) is 1. The van der Waals surface area contributed by atoms with E-state index in [1.165, 1.54) is 0 Å². The van der Waals surface area contributed by atoms with E-state index < -0.39 is 0 Å². The molecule has 0 bridgehead atoms. The van der Waals surface area contributed by atoms with E-state index in [9.17, 15) is 4.79 Å². The first-order chi connectivity index (χ1) is 8.29. The van der Waals surface area contributed by atoms with Gasteiger partial charge in [-0.05, 0) is 30.5 Å². The molecule has 1 aromatic carbocycles. The van der Waals surface area contributed by atoms with Crippen molar-refractivity contribution in [3.63, 3.8) is 0 Å². The highest BCUT2D eigenvalue weighted by Gasteiger charge is 2.24. The molecular formula is C13H13N3O. The third kappa shape index (κ3) is 2.91. The summed E-state index contributed by atoms with van der Waals surface area (Å²) >= 11 is 0. The molecule has 1 aromatic rings. The van der Waals surface area contributed by atoms with Gasteiger partial charge in [0.15, 0.2) is 0 Å². The standard InChI is InChI=1S/C13H13N3O/c14-8-10-4-6-11(7-5-10)9-15-16-13(17)12-2-1-3-12/h4-7,9,12H,1-3H2,(H,16,17). The highest BCUT2D eigenvalue weighted by atomic mass is 16.2. The molecule has 1 amide bonds. The van der Waals surface area contributed by atoms with Gasteiger partial charge in [-0.1, -0.05) is 18.6 Å². The van der Waals surface area contributed by atoms with E-state index in [0.717, 1.165) is 24.8 Å². The van der Waals surface area contributed by atoms with Gasteiger partial charge in [-0.25, -0.2) is 5.43 Å². The average Bonchev–Trinajstić information content (AvgIpc) is 2.27. The monoisotopic (exact) mass is 227 g/mol. The Morgan fingerprint density at radius 3 is 2.65 bits per heavy atom. The van der Waals surface area contributed by atoms with Gasteiger partial charge in [0.2, 0.25) is 5.91 Å². The molecule has 1 aliphatic carbocycles. The summed E-state index contributed by atoms with van der Waals surface area (Å²) in [4.78, 5) is 11.4. The third-order valence-electron chi connectivity index (χ3n) is 2.90. The van der Waals surface area contributed by atoms with Crippen molar-refractivity contribution >= 4 is 12.1 Å². The quantitative estimate of drug-likeness (QED) is 0.632. The largest absolute Gasteiger partial charge is 0.273 e. The average molecular weight is 227 g/mol. The second kappa shape index (κ2) is 5.26. The zero-order valence-corrected chi connectivity index (χ0v) is 9.39. The van der Waals surface area contributed by atoms with Crippen molar-refractivity contribution in [1.82, 2.24) is 5.43 Å². The van der Waals surface area contributed by atoms with Crippen molar-refractivity contribution < 1.29 is 4.79 Å². The molecule has 0 saturated heterocycles. The smallest absolute Gasteiger partial charge is 0.243 e. The van der Waals surface area contributed by atoms with Crippen LogP contribution in [0.3, 0.4) is 0 Å². The van der Waals surface area contributed by atoms with Gasteiger partial charge >= 0.3 is 0 Å². The van der Waals surface area contributed by atoms with Crippen LogP contribution in [0.25, 0.3) is 0 Å². The molecule has 4 heteroatoms. The Kier molecular flexibility index (Phi) is 3.51. The Hall–Kier alpha value is -2.15. The molecular weight excluding hydrogens is 214 g/mol. The predicted octanol–water partition coefficient (Wildman–Crippen LogP) is 1.81. The molecule has 0 aliphatic heterocycles. The van der Waals surface area contributed by atoms with Gasteiger partial charge in [0, 0.05) is 5.92 Å². The number of carbonyl (C=O) groups is 1. The van der Waals surface area contributed by atoms with Gasteiger partial charge in [-0.2, -0.15) is 10.4 Å². The van der Waals surface area contributed by atoms with Gasteiger partial charge < -0.3 is 0 Å². The summed E-state index contributed by atoms with van der Waals surface area (Å²) < 4.78 is 0. The summed E-state index contributed by atoms with van der Waals surface area (Å²) in [5, 5.41) is 12.5. The van der Waals surface area contributed by atoms with Gasteiger partial charge in [0.25, 0.3) is 0 Å². The number of hydrogen-bond donors (Lipinski definition) is 1. The van der Waals surface area contributed by atoms with Crippen molar-refractivity contribution in [3.05, 3.63) is 35.4 Å². The minimum absolute atomic E-state index is 0.00106. The number of amides is 1. The molecule has 4 nitrogen and oxygen atoms in total. The fourth-order valence-electron chi connectivity index (χ4n) is 1.58. The normalized spacial score (nSPS) is 15.2. The minimum Gasteiger partial charge on any atom is -0.273 e. The van der Waals surface area contributed by atoms with Crippen LogP contribution in [0.4, 0.5) is 0 Å². The van der Waals surface area contributed by atoms with E-state index in [0.29, 0.717) is 5.56 Å². The molecule has 0 unspecified atom stereocenters. The summed E-state index contributed by atoms with van der Waals surface area (Å²) in [6, 6.07) is 9.06. The topological polar surface area (TPSA) is 65.2 Å². The first-order valence-electron chi connectivity index (χ1n) is 5.62. The van der Waals surface area contributed by atoms with E-state index in [1.54, 1.807) is 30.5 Å². The number of nitrogens with zero attached hydrogens (tertiary/aromatic N) is 2. The Labute approximate surface area is 99.9 Å². The van der Waals surface area contributed by atoms with Crippen molar-refractivity contribution in [1.29, 1.82) is 5.26 Å². The molecule has 0 atom stereocenters. The van der Waals surface area contributed by atoms with Crippen LogP contribution < -0.4 is 5.43 Å². The summed E-state index contributed by atoms with van der Waals surface area (Å²) in [5.74, 6) is 0.147. The second-order valence-corrected chi connectivity index (χ2v) is 4.10. The molecule has 17 heavy (non-hydrogen) atoms. The lowest BCUT2D eigenvalue weighted by Gasteiger charge is -2.22. The maximum absolute atomic E-state index is 11.4. The molecule has 0 aromatic heterocycles. The molecule has 86 valence electrons.